The number of carbonyl (C=O) groups is 2. The third kappa shape index (κ3) is 1.66. The van der Waals surface area contributed by atoms with E-state index in [0.717, 1.165) is 38.5 Å². The Kier molecular flexibility index (Phi) is 2.84. The van der Waals surface area contributed by atoms with Gasteiger partial charge >= 0.3 is 5.97 Å². The summed E-state index contributed by atoms with van der Waals surface area (Å²) >= 11 is 0. The molecule has 6 atom stereocenters. The maximum absolute atomic E-state index is 12.4. The first-order valence-corrected chi connectivity index (χ1v) is 8.66. The van der Waals surface area contributed by atoms with Crippen LogP contribution < -0.4 is 0 Å². The fourth-order valence-corrected chi connectivity index (χ4v) is 6.63. The van der Waals surface area contributed by atoms with E-state index in [-0.39, 0.29) is 28.6 Å². The van der Waals surface area contributed by atoms with Crippen LogP contribution in [0.2, 0.25) is 0 Å². The van der Waals surface area contributed by atoms with Gasteiger partial charge in [0.25, 0.3) is 0 Å². The molecule has 1 aliphatic heterocycles. The third-order valence-electron chi connectivity index (χ3n) is 7.69. The van der Waals surface area contributed by atoms with Crippen molar-refractivity contribution in [1.29, 1.82) is 0 Å². The normalized spacial score (nSPS) is 52.7. The second kappa shape index (κ2) is 4.33. The van der Waals surface area contributed by atoms with Crippen molar-refractivity contribution in [3.05, 3.63) is 0 Å². The first-order valence-electron chi connectivity index (χ1n) is 8.66. The van der Waals surface area contributed by atoms with Crippen molar-refractivity contribution in [2.24, 2.45) is 34.5 Å². The highest BCUT2D eigenvalue weighted by atomic mass is 16.5. The molecule has 3 nitrogen and oxygen atoms in total. The number of carbonyl (C=O) groups excluding carboxylic acids is 2. The van der Waals surface area contributed by atoms with Gasteiger partial charge in [-0.3, -0.25) is 9.59 Å². The molecule has 0 spiro atoms. The van der Waals surface area contributed by atoms with E-state index >= 15 is 0 Å². The van der Waals surface area contributed by atoms with E-state index in [1.807, 2.05) is 0 Å². The van der Waals surface area contributed by atoms with Crippen LogP contribution in [0.3, 0.4) is 0 Å². The standard InChI is InChI=1S/C18H26O3/c1-17-8-3-4-14(19)12(17)7-9-18(2)13-10-21-16(20)11(13)5-6-15(17)18/h11-13,15H,3-10H2,1-2H3/t11-,12+,13-,15-,17+,18+/m1/s1. The Morgan fingerprint density at radius 3 is 2.67 bits per heavy atom. The van der Waals surface area contributed by atoms with Gasteiger partial charge in [-0.05, 0) is 55.3 Å². The largest absolute Gasteiger partial charge is 0.465 e. The molecule has 0 radical (unpaired) electrons. The number of ketones is 1. The number of esters is 1. The summed E-state index contributed by atoms with van der Waals surface area (Å²) in [5.41, 5.74) is 0.358. The maximum atomic E-state index is 12.4. The van der Waals surface area contributed by atoms with Gasteiger partial charge in [0, 0.05) is 18.3 Å². The number of Topliss-reactive ketones (excluding diaryl/α,β-unsaturated/α-hetero) is 1. The first kappa shape index (κ1) is 13.8. The number of hydrogen-bond acceptors (Lipinski definition) is 3. The molecule has 4 aliphatic rings. The van der Waals surface area contributed by atoms with Gasteiger partial charge in [-0.25, -0.2) is 0 Å². The van der Waals surface area contributed by atoms with Gasteiger partial charge in [-0.1, -0.05) is 13.8 Å². The van der Waals surface area contributed by atoms with E-state index in [1.54, 1.807) is 0 Å². The minimum atomic E-state index is 0.0340. The highest BCUT2D eigenvalue weighted by Gasteiger charge is 2.63. The topological polar surface area (TPSA) is 43.4 Å². The average Bonchev–Trinajstić information content (AvgIpc) is 2.81. The van der Waals surface area contributed by atoms with Crippen molar-refractivity contribution in [2.45, 2.75) is 58.8 Å². The Hall–Kier alpha value is -0.860. The molecule has 0 amide bonds. The van der Waals surface area contributed by atoms with Crippen molar-refractivity contribution in [1.82, 2.24) is 0 Å². The summed E-state index contributed by atoms with van der Waals surface area (Å²) in [4.78, 5) is 24.4. The number of hydrogen-bond donors (Lipinski definition) is 0. The van der Waals surface area contributed by atoms with Crippen LogP contribution in [0.15, 0.2) is 0 Å². The van der Waals surface area contributed by atoms with E-state index in [0.29, 0.717) is 24.2 Å². The number of ether oxygens (including phenoxy) is 1. The molecule has 0 unspecified atom stereocenters. The Morgan fingerprint density at radius 2 is 1.86 bits per heavy atom. The van der Waals surface area contributed by atoms with E-state index in [9.17, 15) is 9.59 Å². The monoisotopic (exact) mass is 290 g/mol. The van der Waals surface area contributed by atoms with Gasteiger partial charge in [-0.2, -0.15) is 0 Å². The van der Waals surface area contributed by atoms with E-state index in [2.05, 4.69) is 13.8 Å². The molecule has 0 aromatic carbocycles. The van der Waals surface area contributed by atoms with Crippen molar-refractivity contribution < 1.29 is 14.3 Å². The molecule has 0 bridgehead atoms. The summed E-state index contributed by atoms with van der Waals surface area (Å²) in [5.74, 6) is 1.92. The van der Waals surface area contributed by atoms with Crippen LogP contribution in [0.4, 0.5) is 0 Å². The zero-order chi connectivity index (χ0) is 14.8. The van der Waals surface area contributed by atoms with Gasteiger partial charge in [-0.15, -0.1) is 0 Å². The summed E-state index contributed by atoms with van der Waals surface area (Å²) < 4.78 is 5.40. The fourth-order valence-electron chi connectivity index (χ4n) is 6.63. The molecule has 21 heavy (non-hydrogen) atoms. The molecule has 4 fully saturated rings. The molecule has 116 valence electrons. The first-order chi connectivity index (χ1) is 9.97. The molecule has 0 N–H and O–H groups in total. The lowest BCUT2D eigenvalue weighted by atomic mass is 9.42. The zero-order valence-corrected chi connectivity index (χ0v) is 13.2. The molecule has 4 rings (SSSR count). The van der Waals surface area contributed by atoms with Crippen LogP contribution in [-0.4, -0.2) is 18.4 Å². The molecule has 3 aliphatic carbocycles. The Balaban J connectivity index is 1.72. The van der Waals surface area contributed by atoms with Crippen LogP contribution >= 0.6 is 0 Å². The van der Waals surface area contributed by atoms with Crippen molar-refractivity contribution in [2.75, 3.05) is 6.61 Å². The lowest BCUT2D eigenvalue weighted by Crippen LogP contribution is -2.58. The van der Waals surface area contributed by atoms with Gasteiger partial charge in [0.05, 0.1) is 12.5 Å². The van der Waals surface area contributed by atoms with E-state index in [1.165, 1.54) is 6.42 Å². The Labute approximate surface area is 126 Å². The molecular formula is C18H26O3. The highest BCUT2D eigenvalue weighted by Crippen LogP contribution is 2.66. The molecule has 3 saturated carbocycles. The minimum absolute atomic E-state index is 0.0340. The fraction of sp³-hybridized carbons (Fsp3) is 0.889. The molecule has 1 saturated heterocycles. The molecule has 0 aromatic rings. The summed E-state index contributed by atoms with van der Waals surface area (Å²) in [6.45, 7) is 5.37. The Morgan fingerprint density at radius 1 is 1.05 bits per heavy atom. The molecule has 0 aromatic heterocycles. The average molecular weight is 290 g/mol. The number of rotatable bonds is 0. The van der Waals surface area contributed by atoms with Crippen LogP contribution in [-0.2, 0) is 14.3 Å². The smallest absolute Gasteiger partial charge is 0.309 e. The molecule has 3 heteroatoms. The van der Waals surface area contributed by atoms with Crippen LogP contribution in [0, 0.1) is 34.5 Å². The summed E-state index contributed by atoms with van der Waals surface area (Å²) in [5, 5.41) is 0. The predicted octanol–water partition coefficient (Wildman–Crippen LogP) is 3.36. The summed E-state index contributed by atoms with van der Waals surface area (Å²) in [7, 11) is 0. The SMILES string of the molecule is C[C@@]12CC[C@H]3C(=O)CCC[C@]3(C)[C@H]1CC[C@H]1C(=O)OC[C@H]12. The molecule has 1 heterocycles. The second-order valence-corrected chi connectivity index (χ2v) is 8.40. The quantitative estimate of drug-likeness (QED) is 0.642. The Bertz CT molecular complexity index is 499. The van der Waals surface area contributed by atoms with Crippen molar-refractivity contribution in [3.63, 3.8) is 0 Å². The van der Waals surface area contributed by atoms with Crippen LogP contribution in [0.1, 0.15) is 58.8 Å². The van der Waals surface area contributed by atoms with Crippen molar-refractivity contribution >= 4 is 11.8 Å². The van der Waals surface area contributed by atoms with Crippen LogP contribution in [0.25, 0.3) is 0 Å². The summed E-state index contributed by atoms with van der Waals surface area (Å²) in [6.07, 6.45) is 7.24. The van der Waals surface area contributed by atoms with Gasteiger partial charge in [0.1, 0.15) is 5.78 Å². The highest BCUT2D eigenvalue weighted by molar-refractivity contribution is 5.83. The lowest BCUT2D eigenvalue weighted by molar-refractivity contribution is -0.160. The van der Waals surface area contributed by atoms with Gasteiger partial charge < -0.3 is 4.74 Å². The second-order valence-electron chi connectivity index (χ2n) is 8.40. The lowest BCUT2D eigenvalue weighted by Gasteiger charge is -2.61. The minimum Gasteiger partial charge on any atom is -0.465 e. The van der Waals surface area contributed by atoms with E-state index in [4.69, 9.17) is 4.74 Å². The predicted molar refractivity (Wildman–Crippen MR) is 78.5 cm³/mol. The number of fused-ring (bicyclic) bond motifs is 5. The van der Waals surface area contributed by atoms with Crippen molar-refractivity contribution in [3.8, 4) is 0 Å². The zero-order valence-electron chi connectivity index (χ0n) is 13.2. The van der Waals surface area contributed by atoms with Gasteiger partial charge in [0.15, 0.2) is 0 Å². The third-order valence-corrected chi connectivity index (χ3v) is 7.69. The molecular weight excluding hydrogens is 264 g/mol. The van der Waals surface area contributed by atoms with Crippen LogP contribution in [0.5, 0.6) is 0 Å². The summed E-state index contributed by atoms with van der Waals surface area (Å²) in [6, 6.07) is 0. The van der Waals surface area contributed by atoms with E-state index < -0.39 is 0 Å². The van der Waals surface area contributed by atoms with Gasteiger partial charge in [0.2, 0.25) is 0 Å². The maximum Gasteiger partial charge on any atom is 0.309 e. The number of cyclic esters (lactones) is 1.